The molecule has 8 nitrogen and oxygen atoms in total. The van der Waals surface area contributed by atoms with Crippen molar-refractivity contribution in [3.63, 3.8) is 0 Å². The molecule has 1 fully saturated rings. The number of piperazine rings is 1. The van der Waals surface area contributed by atoms with Crippen molar-refractivity contribution in [2.24, 2.45) is 0 Å². The van der Waals surface area contributed by atoms with Crippen LogP contribution in [0.4, 0.5) is 5.69 Å². The Bertz CT molecular complexity index is 913. The summed E-state index contributed by atoms with van der Waals surface area (Å²) in [4.78, 5) is 38.3. The number of amides is 2. The van der Waals surface area contributed by atoms with E-state index in [1.54, 1.807) is 6.07 Å². The van der Waals surface area contributed by atoms with Gasteiger partial charge in [0.1, 0.15) is 0 Å². The van der Waals surface area contributed by atoms with E-state index in [9.17, 15) is 14.4 Å². The molecular weight excluding hydrogens is 408 g/mol. The molecule has 1 saturated heterocycles. The van der Waals surface area contributed by atoms with Crippen molar-refractivity contribution in [1.82, 2.24) is 16.0 Å². The van der Waals surface area contributed by atoms with Gasteiger partial charge in [0.05, 0.1) is 13.0 Å². The van der Waals surface area contributed by atoms with Crippen LogP contribution in [0.2, 0.25) is 0 Å². The Morgan fingerprint density at radius 1 is 1.03 bits per heavy atom. The Hall–Kier alpha value is -3.39. The van der Waals surface area contributed by atoms with Crippen LogP contribution in [-0.4, -0.2) is 61.7 Å². The summed E-state index contributed by atoms with van der Waals surface area (Å²) in [6.07, 6.45) is 0.992. The van der Waals surface area contributed by atoms with Crippen molar-refractivity contribution in [1.29, 1.82) is 0 Å². The molecule has 4 N–H and O–H groups in total. The third-order valence-electron chi connectivity index (χ3n) is 5.41. The van der Waals surface area contributed by atoms with Crippen molar-refractivity contribution < 1.29 is 19.5 Å². The lowest BCUT2D eigenvalue weighted by Crippen LogP contribution is -2.44. The molecule has 1 aliphatic rings. The lowest BCUT2D eigenvalue weighted by Gasteiger charge is -2.29. The van der Waals surface area contributed by atoms with E-state index in [1.165, 1.54) is 0 Å². The molecule has 3 rings (SSSR count). The third kappa shape index (κ3) is 7.39. The Labute approximate surface area is 188 Å². The molecule has 0 radical (unpaired) electrons. The van der Waals surface area contributed by atoms with Crippen molar-refractivity contribution in [2.45, 2.75) is 25.3 Å². The van der Waals surface area contributed by atoms with Gasteiger partial charge in [-0.25, -0.2) is 0 Å². The summed E-state index contributed by atoms with van der Waals surface area (Å²) in [7, 11) is 0. The van der Waals surface area contributed by atoms with Crippen LogP contribution in [0.5, 0.6) is 0 Å². The van der Waals surface area contributed by atoms with Gasteiger partial charge in [0.25, 0.3) is 5.91 Å². The molecule has 170 valence electrons. The predicted molar refractivity (Wildman–Crippen MR) is 123 cm³/mol. The molecule has 0 spiro atoms. The second-order valence-corrected chi connectivity index (χ2v) is 7.86. The van der Waals surface area contributed by atoms with Gasteiger partial charge in [0, 0.05) is 43.5 Å². The summed E-state index contributed by atoms with van der Waals surface area (Å²) in [5, 5.41) is 17.8. The Morgan fingerprint density at radius 3 is 2.50 bits per heavy atom. The molecular formula is C24H30N4O4. The highest BCUT2D eigenvalue weighted by molar-refractivity contribution is 5.97. The second-order valence-electron chi connectivity index (χ2n) is 7.86. The molecule has 2 aromatic carbocycles. The minimum Gasteiger partial charge on any atom is -0.481 e. The molecule has 1 heterocycles. The highest BCUT2D eigenvalue weighted by Crippen LogP contribution is 2.16. The summed E-state index contributed by atoms with van der Waals surface area (Å²) in [5.74, 6) is -1.72. The van der Waals surface area contributed by atoms with E-state index < -0.39 is 17.9 Å². The van der Waals surface area contributed by atoms with Gasteiger partial charge >= 0.3 is 5.97 Å². The Morgan fingerprint density at radius 2 is 1.78 bits per heavy atom. The first-order chi connectivity index (χ1) is 15.5. The maximum Gasteiger partial charge on any atom is 0.305 e. The molecule has 0 saturated carbocycles. The fourth-order valence-corrected chi connectivity index (χ4v) is 3.73. The van der Waals surface area contributed by atoms with Crippen molar-refractivity contribution in [3.05, 3.63) is 65.7 Å². The number of nitrogens with one attached hydrogen (secondary N) is 3. The molecule has 1 atom stereocenters. The number of carbonyl (C=O) groups is 3. The fraction of sp³-hybridized carbons (Fsp3) is 0.375. The zero-order valence-electron chi connectivity index (χ0n) is 18.0. The van der Waals surface area contributed by atoms with Crippen LogP contribution in [0.25, 0.3) is 0 Å². The topological polar surface area (TPSA) is 111 Å². The van der Waals surface area contributed by atoms with E-state index in [0.29, 0.717) is 18.4 Å². The van der Waals surface area contributed by atoms with Crippen molar-refractivity contribution in [3.8, 4) is 0 Å². The Kier molecular flexibility index (Phi) is 8.62. The fourth-order valence-electron chi connectivity index (χ4n) is 3.73. The number of rotatable bonds is 10. The minimum absolute atomic E-state index is 0.167. The maximum atomic E-state index is 12.5. The van der Waals surface area contributed by atoms with Crippen LogP contribution in [0.3, 0.4) is 0 Å². The lowest BCUT2D eigenvalue weighted by molar-refractivity contribution is -0.137. The normalized spacial score (nSPS) is 14.4. The van der Waals surface area contributed by atoms with Crippen LogP contribution in [0.1, 0.15) is 28.8 Å². The highest BCUT2D eigenvalue weighted by atomic mass is 16.4. The first kappa shape index (κ1) is 23.3. The highest BCUT2D eigenvalue weighted by Gasteiger charge is 2.17. The first-order valence-corrected chi connectivity index (χ1v) is 10.9. The van der Waals surface area contributed by atoms with E-state index in [-0.39, 0.29) is 18.9 Å². The van der Waals surface area contributed by atoms with Crippen LogP contribution >= 0.6 is 0 Å². The number of carboxylic acids is 1. The number of nitrogens with zero attached hydrogens (tertiary/aromatic N) is 1. The summed E-state index contributed by atoms with van der Waals surface area (Å²) >= 11 is 0. The summed E-state index contributed by atoms with van der Waals surface area (Å²) in [5.41, 5.74) is 2.54. The predicted octanol–water partition coefficient (Wildman–Crippen LogP) is 1.42. The minimum atomic E-state index is -0.975. The molecule has 0 aromatic heterocycles. The number of benzene rings is 2. The largest absolute Gasteiger partial charge is 0.481 e. The third-order valence-corrected chi connectivity index (χ3v) is 5.41. The quantitative estimate of drug-likeness (QED) is 0.447. The van der Waals surface area contributed by atoms with E-state index in [0.717, 1.165) is 37.4 Å². The lowest BCUT2D eigenvalue weighted by atomic mass is 10.0. The smallest absolute Gasteiger partial charge is 0.305 e. The SMILES string of the molecule is O=C(O)C[C@@H](CCc1ccccc1)NC(=O)CNC(=O)c1cccc(N2CCNCC2)c1. The van der Waals surface area contributed by atoms with Crippen LogP contribution in [0, 0.1) is 0 Å². The van der Waals surface area contributed by atoms with Gasteiger partial charge in [-0.1, -0.05) is 36.4 Å². The number of aryl methyl sites for hydroxylation is 1. The van der Waals surface area contributed by atoms with E-state index in [4.69, 9.17) is 5.11 Å². The van der Waals surface area contributed by atoms with Gasteiger partial charge in [-0.3, -0.25) is 14.4 Å². The first-order valence-electron chi connectivity index (χ1n) is 10.9. The van der Waals surface area contributed by atoms with Crippen LogP contribution in [0.15, 0.2) is 54.6 Å². The summed E-state index contributed by atoms with van der Waals surface area (Å²) in [6.45, 7) is 3.34. The monoisotopic (exact) mass is 438 g/mol. The van der Waals surface area contributed by atoms with Gasteiger partial charge in [0.2, 0.25) is 5.91 Å². The summed E-state index contributed by atoms with van der Waals surface area (Å²) in [6, 6.07) is 16.5. The van der Waals surface area contributed by atoms with Crippen molar-refractivity contribution in [2.75, 3.05) is 37.6 Å². The number of carboxylic acid groups (broad SMARTS) is 1. The number of hydrogen-bond acceptors (Lipinski definition) is 5. The zero-order chi connectivity index (χ0) is 22.8. The molecule has 0 bridgehead atoms. The number of anilines is 1. The molecule has 32 heavy (non-hydrogen) atoms. The molecule has 8 heteroatoms. The molecule has 0 aliphatic carbocycles. The van der Waals surface area contributed by atoms with Crippen LogP contribution < -0.4 is 20.9 Å². The molecule has 2 amide bonds. The van der Waals surface area contributed by atoms with Gasteiger partial charge < -0.3 is 26.0 Å². The number of carbonyl (C=O) groups excluding carboxylic acids is 2. The van der Waals surface area contributed by atoms with Gasteiger partial charge in [0.15, 0.2) is 0 Å². The van der Waals surface area contributed by atoms with Crippen molar-refractivity contribution >= 4 is 23.5 Å². The van der Waals surface area contributed by atoms with Gasteiger partial charge in [-0.05, 0) is 36.6 Å². The Balaban J connectivity index is 1.50. The standard InChI is InChI=1S/C24H30N4O4/c29-22(27-20(16-23(30)31)10-9-18-5-2-1-3-6-18)17-26-24(32)19-7-4-8-21(15-19)28-13-11-25-12-14-28/h1-8,15,20,25H,9-14,16-17H2,(H,26,32)(H,27,29)(H,30,31)/t20-/m1/s1. The maximum absolute atomic E-state index is 12.5. The second kappa shape index (κ2) is 11.9. The summed E-state index contributed by atoms with van der Waals surface area (Å²) < 4.78 is 0. The number of hydrogen-bond donors (Lipinski definition) is 4. The molecule has 1 aliphatic heterocycles. The number of aliphatic carboxylic acids is 1. The average molecular weight is 439 g/mol. The van der Waals surface area contributed by atoms with E-state index >= 15 is 0 Å². The van der Waals surface area contributed by atoms with Gasteiger partial charge in [-0.15, -0.1) is 0 Å². The molecule has 2 aromatic rings. The van der Waals surface area contributed by atoms with Crippen LogP contribution in [-0.2, 0) is 16.0 Å². The zero-order valence-corrected chi connectivity index (χ0v) is 18.0. The van der Waals surface area contributed by atoms with E-state index in [1.807, 2.05) is 48.5 Å². The average Bonchev–Trinajstić information content (AvgIpc) is 2.82. The molecule has 0 unspecified atom stereocenters. The van der Waals surface area contributed by atoms with Gasteiger partial charge in [-0.2, -0.15) is 0 Å². The van der Waals surface area contributed by atoms with E-state index in [2.05, 4.69) is 20.9 Å².